The molecule has 3 atom stereocenters. The van der Waals surface area contributed by atoms with Crippen molar-refractivity contribution in [1.82, 2.24) is 4.90 Å². The Morgan fingerprint density at radius 1 is 1.31 bits per heavy atom. The molecule has 1 aromatic rings. The summed E-state index contributed by atoms with van der Waals surface area (Å²) >= 11 is 6.43. The van der Waals surface area contributed by atoms with Crippen molar-refractivity contribution in [2.75, 3.05) is 13.7 Å². The highest BCUT2D eigenvalue weighted by atomic mass is 79.9. The first-order chi connectivity index (χ1) is 12.1. The van der Waals surface area contributed by atoms with Gasteiger partial charge in [0.25, 0.3) is 0 Å². The Labute approximate surface area is 165 Å². The summed E-state index contributed by atoms with van der Waals surface area (Å²) in [6.07, 6.45) is 1.72. The lowest BCUT2D eigenvalue weighted by atomic mass is 9.92. The summed E-state index contributed by atoms with van der Waals surface area (Å²) in [5.74, 6) is -0.731. The molecule has 0 saturated carbocycles. The first-order valence-electron chi connectivity index (χ1n) is 7.95. The number of halogens is 2. The molecule has 0 amide bonds. The second-order valence-electron chi connectivity index (χ2n) is 6.08. The molecule has 0 spiro atoms. The highest BCUT2D eigenvalue weighted by molar-refractivity contribution is 8.93. The average Bonchev–Trinajstić information content (AvgIpc) is 3.24. The van der Waals surface area contributed by atoms with Gasteiger partial charge in [-0.2, -0.15) is 4.89 Å². The van der Waals surface area contributed by atoms with Crippen LogP contribution in [0.5, 0.6) is 0 Å². The van der Waals surface area contributed by atoms with Gasteiger partial charge in [-0.25, -0.2) is 9.59 Å². The highest BCUT2D eigenvalue weighted by Gasteiger charge is 2.62. The van der Waals surface area contributed by atoms with Gasteiger partial charge in [-0.1, -0.05) is 29.8 Å². The zero-order valence-electron chi connectivity index (χ0n) is 13.8. The lowest BCUT2D eigenvalue weighted by molar-refractivity contribution is -0.418. The van der Waals surface area contributed by atoms with Crippen molar-refractivity contribution in [3.8, 4) is 0 Å². The predicted octanol–water partition coefficient (Wildman–Crippen LogP) is 2.48. The highest BCUT2D eigenvalue weighted by Crippen LogP contribution is 2.48. The second-order valence-corrected chi connectivity index (χ2v) is 6.49. The number of carbonyl (C=O) groups is 2. The molecule has 26 heavy (non-hydrogen) atoms. The topological polar surface area (TPSA) is 74.3 Å². The minimum Gasteiger partial charge on any atom is -0.497 e. The molecule has 2 unspecified atom stereocenters. The predicted molar refractivity (Wildman–Crippen MR) is 95.3 cm³/mol. The van der Waals surface area contributed by atoms with Gasteiger partial charge in [0.15, 0.2) is 0 Å². The third-order valence-electron chi connectivity index (χ3n) is 4.81. The van der Waals surface area contributed by atoms with Crippen LogP contribution in [0.25, 0.3) is 0 Å². The number of carbonyl (C=O) groups excluding carboxylic acids is 2. The second kappa shape index (κ2) is 7.19. The quantitative estimate of drug-likeness (QED) is 0.522. The van der Waals surface area contributed by atoms with Crippen molar-refractivity contribution < 1.29 is 28.8 Å². The number of benzene rings is 1. The van der Waals surface area contributed by atoms with Crippen LogP contribution in [0.15, 0.2) is 36.1 Å². The summed E-state index contributed by atoms with van der Waals surface area (Å²) in [5, 5.41) is 0.407. The van der Waals surface area contributed by atoms with Gasteiger partial charge >= 0.3 is 11.9 Å². The van der Waals surface area contributed by atoms with Crippen LogP contribution < -0.4 is 0 Å². The molecular formula is C17H17BrClNO6. The fraction of sp³-hybridized carbons (Fsp3) is 0.412. The van der Waals surface area contributed by atoms with E-state index < -0.39 is 29.8 Å². The van der Waals surface area contributed by atoms with Gasteiger partial charge in [0.1, 0.15) is 11.8 Å². The van der Waals surface area contributed by atoms with E-state index in [1.807, 2.05) is 4.90 Å². The molecule has 7 nitrogen and oxygen atoms in total. The van der Waals surface area contributed by atoms with Crippen molar-refractivity contribution in [2.24, 2.45) is 0 Å². The summed E-state index contributed by atoms with van der Waals surface area (Å²) in [5.41, 5.74) is -0.861. The van der Waals surface area contributed by atoms with E-state index in [2.05, 4.69) is 0 Å². The molecule has 9 heteroatoms. The largest absolute Gasteiger partial charge is 0.497 e. The van der Waals surface area contributed by atoms with Crippen molar-refractivity contribution in [2.45, 2.75) is 30.7 Å². The zero-order valence-corrected chi connectivity index (χ0v) is 16.3. The first-order valence-corrected chi connectivity index (χ1v) is 8.33. The molecular weight excluding hydrogens is 430 g/mol. The fourth-order valence-electron chi connectivity index (χ4n) is 3.74. The van der Waals surface area contributed by atoms with E-state index in [4.69, 9.17) is 30.8 Å². The molecule has 2 fully saturated rings. The van der Waals surface area contributed by atoms with Crippen LogP contribution in [0.3, 0.4) is 0 Å². The number of hydrogen-bond donors (Lipinski definition) is 0. The van der Waals surface area contributed by atoms with Gasteiger partial charge in [-0.05, 0) is 18.9 Å². The lowest BCUT2D eigenvalue weighted by Crippen LogP contribution is -2.63. The van der Waals surface area contributed by atoms with E-state index in [1.54, 1.807) is 24.3 Å². The number of methoxy groups -OCH3 is 1. The van der Waals surface area contributed by atoms with Gasteiger partial charge in [-0.15, -0.1) is 17.0 Å². The van der Waals surface area contributed by atoms with E-state index in [0.29, 0.717) is 23.6 Å². The third kappa shape index (κ3) is 2.72. The minimum atomic E-state index is -1.40. The lowest BCUT2D eigenvalue weighted by Gasteiger charge is -2.47. The van der Waals surface area contributed by atoms with Crippen molar-refractivity contribution in [1.29, 1.82) is 0 Å². The van der Waals surface area contributed by atoms with Gasteiger partial charge in [0.2, 0.25) is 11.8 Å². The van der Waals surface area contributed by atoms with Gasteiger partial charge in [0.05, 0.1) is 13.2 Å². The minimum absolute atomic E-state index is 0. The van der Waals surface area contributed by atoms with E-state index in [1.165, 1.54) is 13.2 Å². The van der Waals surface area contributed by atoms with E-state index in [-0.39, 0.29) is 22.7 Å². The monoisotopic (exact) mass is 445 g/mol. The Kier molecular flexibility index (Phi) is 5.30. The van der Waals surface area contributed by atoms with Gasteiger partial charge < -0.3 is 9.47 Å². The maximum atomic E-state index is 12.1. The molecule has 4 rings (SSSR count). The van der Waals surface area contributed by atoms with Gasteiger partial charge in [0, 0.05) is 17.1 Å². The first kappa shape index (κ1) is 19.2. The molecule has 3 aliphatic heterocycles. The molecule has 0 aliphatic carbocycles. The van der Waals surface area contributed by atoms with Crippen LogP contribution in [0.1, 0.15) is 18.4 Å². The molecule has 140 valence electrons. The zero-order chi connectivity index (χ0) is 17.6. The van der Waals surface area contributed by atoms with E-state index in [9.17, 15) is 9.59 Å². The van der Waals surface area contributed by atoms with Crippen LogP contribution in [-0.4, -0.2) is 42.6 Å². The summed E-state index contributed by atoms with van der Waals surface area (Å²) in [6.45, 7) is 0.566. The smallest absolute Gasteiger partial charge is 0.359 e. The van der Waals surface area contributed by atoms with Crippen molar-refractivity contribution in [3.05, 3.63) is 46.7 Å². The fourth-order valence-corrected chi connectivity index (χ4v) is 4.01. The maximum absolute atomic E-state index is 12.1. The molecule has 0 aromatic heterocycles. The average molecular weight is 447 g/mol. The van der Waals surface area contributed by atoms with Crippen molar-refractivity contribution in [3.63, 3.8) is 0 Å². The summed E-state index contributed by atoms with van der Waals surface area (Å²) in [4.78, 5) is 36.5. The Morgan fingerprint density at radius 2 is 2.08 bits per heavy atom. The molecule has 0 bridgehead atoms. The molecule has 3 aliphatic rings. The Hall–Kier alpha value is -1.61. The standard InChI is InChI=1S/C17H16ClNO6.BrH/c1-22-13-9-14(20)23-15(13)17(10-5-2-3-6-11(10)18)19-8-4-7-12(19)16(21)24-25-17;/h2-3,5-6,9,12,15H,4,7-8H2,1H3;1H/t12-,15?,17?;/m0./s1. The maximum Gasteiger partial charge on any atom is 0.359 e. The SMILES string of the molecule is Br.COC1=CC(=O)OC1C1(c2ccccc2Cl)OOC(=O)[C@@H]2CCCN21. The summed E-state index contributed by atoms with van der Waals surface area (Å²) < 4.78 is 10.8. The normalized spacial score (nSPS) is 30.8. The van der Waals surface area contributed by atoms with Crippen LogP contribution in [0.2, 0.25) is 5.02 Å². The van der Waals surface area contributed by atoms with Crippen molar-refractivity contribution >= 4 is 40.5 Å². The molecule has 2 saturated heterocycles. The molecule has 1 aromatic carbocycles. The number of cyclic esters (lactones) is 1. The number of nitrogens with zero attached hydrogens (tertiary/aromatic N) is 1. The van der Waals surface area contributed by atoms with Crippen LogP contribution in [0.4, 0.5) is 0 Å². The molecule has 3 heterocycles. The number of hydrogen-bond acceptors (Lipinski definition) is 7. The number of esters is 1. The molecule has 0 radical (unpaired) electrons. The van der Waals surface area contributed by atoms with Crippen LogP contribution >= 0.6 is 28.6 Å². The van der Waals surface area contributed by atoms with Crippen LogP contribution in [-0.2, 0) is 34.6 Å². The number of fused-ring (bicyclic) bond motifs is 1. The number of rotatable bonds is 3. The van der Waals surface area contributed by atoms with E-state index in [0.717, 1.165) is 6.42 Å². The van der Waals surface area contributed by atoms with Gasteiger partial charge in [-0.3, -0.25) is 9.79 Å². The molecule has 0 N–H and O–H groups in total. The third-order valence-corrected chi connectivity index (χ3v) is 5.14. The Balaban J connectivity index is 0.00000196. The van der Waals surface area contributed by atoms with E-state index >= 15 is 0 Å². The number of ether oxygens (including phenoxy) is 2. The summed E-state index contributed by atoms with van der Waals surface area (Å²) in [7, 11) is 1.44. The summed E-state index contributed by atoms with van der Waals surface area (Å²) in [6, 6.07) is 6.54. The van der Waals surface area contributed by atoms with Crippen LogP contribution in [0, 0.1) is 0 Å². The Morgan fingerprint density at radius 3 is 2.81 bits per heavy atom. The Bertz CT molecular complexity index is 771.